The summed E-state index contributed by atoms with van der Waals surface area (Å²) in [6, 6.07) is 0. The standard InChI is InChI=1S/C9H13N5O2/c10-8-6-11-7(5-12-8)9(15)13-14-1-3-16-4-2-14/h5-6H,1-4H2,(H2,10,12)(H,13,15). The highest BCUT2D eigenvalue weighted by atomic mass is 16.5. The van der Waals surface area contributed by atoms with Crippen LogP contribution in [-0.4, -0.2) is 47.2 Å². The van der Waals surface area contributed by atoms with E-state index in [1.165, 1.54) is 12.4 Å². The summed E-state index contributed by atoms with van der Waals surface area (Å²) in [6.07, 6.45) is 2.71. The number of nitrogen functional groups attached to an aromatic ring is 1. The molecule has 1 aliphatic rings. The van der Waals surface area contributed by atoms with Crippen LogP contribution in [0.3, 0.4) is 0 Å². The number of ether oxygens (including phenoxy) is 1. The van der Waals surface area contributed by atoms with Crippen LogP contribution < -0.4 is 11.2 Å². The van der Waals surface area contributed by atoms with E-state index in [4.69, 9.17) is 10.5 Å². The maximum atomic E-state index is 11.7. The van der Waals surface area contributed by atoms with E-state index in [0.29, 0.717) is 32.1 Å². The first kappa shape index (κ1) is 10.8. The molecule has 7 nitrogen and oxygen atoms in total. The van der Waals surface area contributed by atoms with E-state index in [1.54, 1.807) is 5.01 Å². The third-order valence-electron chi connectivity index (χ3n) is 2.18. The molecule has 0 bridgehead atoms. The zero-order valence-corrected chi connectivity index (χ0v) is 8.72. The molecule has 2 heterocycles. The third-order valence-corrected chi connectivity index (χ3v) is 2.18. The van der Waals surface area contributed by atoms with Crippen LogP contribution in [0.1, 0.15) is 10.5 Å². The van der Waals surface area contributed by atoms with E-state index < -0.39 is 0 Å². The fourth-order valence-electron chi connectivity index (χ4n) is 1.33. The van der Waals surface area contributed by atoms with E-state index in [2.05, 4.69) is 15.4 Å². The number of rotatable bonds is 2. The van der Waals surface area contributed by atoms with Crippen molar-refractivity contribution < 1.29 is 9.53 Å². The van der Waals surface area contributed by atoms with Crippen LogP contribution in [0.25, 0.3) is 0 Å². The van der Waals surface area contributed by atoms with Crippen LogP contribution in [0.4, 0.5) is 5.82 Å². The minimum Gasteiger partial charge on any atom is -0.382 e. The predicted molar refractivity (Wildman–Crippen MR) is 56.3 cm³/mol. The van der Waals surface area contributed by atoms with E-state index in [-0.39, 0.29) is 11.6 Å². The van der Waals surface area contributed by atoms with E-state index in [1.807, 2.05) is 0 Å². The summed E-state index contributed by atoms with van der Waals surface area (Å²) in [4.78, 5) is 19.4. The first-order valence-electron chi connectivity index (χ1n) is 4.97. The largest absolute Gasteiger partial charge is 0.382 e. The topological polar surface area (TPSA) is 93.4 Å². The summed E-state index contributed by atoms with van der Waals surface area (Å²) in [5, 5.41) is 1.80. The molecule has 86 valence electrons. The van der Waals surface area contributed by atoms with Gasteiger partial charge in [-0.25, -0.2) is 15.0 Å². The molecule has 1 aliphatic heterocycles. The lowest BCUT2D eigenvalue weighted by molar-refractivity contribution is 0.0124. The van der Waals surface area contributed by atoms with E-state index in [9.17, 15) is 4.79 Å². The van der Waals surface area contributed by atoms with Crippen molar-refractivity contribution in [3.8, 4) is 0 Å². The Morgan fingerprint density at radius 1 is 1.38 bits per heavy atom. The van der Waals surface area contributed by atoms with Crippen LogP contribution >= 0.6 is 0 Å². The minimum atomic E-state index is -0.283. The number of hydrogen-bond acceptors (Lipinski definition) is 6. The lowest BCUT2D eigenvalue weighted by atomic mass is 10.4. The number of hydrogen-bond donors (Lipinski definition) is 2. The molecule has 7 heteroatoms. The van der Waals surface area contributed by atoms with Gasteiger partial charge in [0.25, 0.3) is 5.91 Å². The van der Waals surface area contributed by atoms with Gasteiger partial charge in [0, 0.05) is 13.1 Å². The number of nitrogens with two attached hydrogens (primary N) is 1. The number of carbonyl (C=O) groups is 1. The van der Waals surface area contributed by atoms with Gasteiger partial charge in [0.05, 0.1) is 25.6 Å². The summed E-state index contributed by atoms with van der Waals surface area (Å²) in [7, 11) is 0. The molecular weight excluding hydrogens is 210 g/mol. The Kier molecular flexibility index (Phi) is 3.28. The number of anilines is 1. The molecule has 0 atom stereocenters. The molecule has 1 saturated heterocycles. The van der Waals surface area contributed by atoms with Crippen molar-refractivity contribution in [2.75, 3.05) is 32.0 Å². The second-order valence-corrected chi connectivity index (χ2v) is 3.37. The molecule has 1 fully saturated rings. The quantitative estimate of drug-likeness (QED) is 0.670. The molecule has 0 aromatic carbocycles. The van der Waals surface area contributed by atoms with Gasteiger partial charge in [-0.1, -0.05) is 0 Å². The van der Waals surface area contributed by atoms with Crippen LogP contribution in [-0.2, 0) is 4.74 Å². The molecule has 0 radical (unpaired) electrons. The van der Waals surface area contributed by atoms with Crippen molar-refractivity contribution in [3.05, 3.63) is 18.1 Å². The molecule has 0 unspecified atom stereocenters. The molecule has 1 aromatic heterocycles. The van der Waals surface area contributed by atoms with E-state index in [0.717, 1.165) is 0 Å². The Bertz CT molecular complexity index is 361. The van der Waals surface area contributed by atoms with Crippen LogP contribution in [0, 0.1) is 0 Å². The summed E-state index contributed by atoms with van der Waals surface area (Å²) in [5.74, 6) is 0.0114. The number of nitrogens with zero attached hydrogens (tertiary/aromatic N) is 3. The van der Waals surface area contributed by atoms with Crippen LogP contribution in [0.5, 0.6) is 0 Å². The zero-order valence-electron chi connectivity index (χ0n) is 8.72. The first-order valence-corrected chi connectivity index (χ1v) is 4.97. The number of hydrazine groups is 1. The normalized spacial score (nSPS) is 17.0. The molecule has 1 aromatic rings. The number of nitrogens with one attached hydrogen (secondary N) is 1. The average molecular weight is 223 g/mol. The van der Waals surface area contributed by atoms with Crippen molar-refractivity contribution >= 4 is 11.7 Å². The lowest BCUT2D eigenvalue weighted by Gasteiger charge is -2.26. The van der Waals surface area contributed by atoms with Crippen LogP contribution in [0.2, 0.25) is 0 Å². The maximum absolute atomic E-state index is 11.7. The van der Waals surface area contributed by atoms with Gasteiger partial charge in [-0.05, 0) is 0 Å². The van der Waals surface area contributed by atoms with Gasteiger partial charge in [-0.2, -0.15) is 0 Å². The summed E-state index contributed by atoms with van der Waals surface area (Å²) in [5.41, 5.74) is 8.36. The molecule has 0 saturated carbocycles. The Morgan fingerprint density at radius 2 is 2.12 bits per heavy atom. The van der Waals surface area contributed by atoms with Gasteiger partial charge >= 0.3 is 0 Å². The van der Waals surface area contributed by atoms with Gasteiger partial charge in [0.2, 0.25) is 0 Å². The Labute approximate surface area is 92.6 Å². The van der Waals surface area contributed by atoms with Gasteiger partial charge < -0.3 is 10.5 Å². The molecule has 16 heavy (non-hydrogen) atoms. The highest BCUT2D eigenvalue weighted by Gasteiger charge is 2.15. The zero-order chi connectivity index (χ0) is 11.4. The number of amides is 1. The molecule has 1 amide bonds. The third kappa shape index (κ3) is 2.65. The van der Waals surface area contributed by atoms with Gasteiger partial charge in [-0.15, -0.1) is 0 Å². The first-order chi connectivity index (χ1) is 7.75. The SMILES string of the molecule is Nc1cnc(C(=O)NN2CCOCC2)cn1. The van der Waals surface area contributed by atoms with Gasteiger partial charge in [-0.3, -0.25) is 10.2 Å². The van der Waals surface area contributed by atoms with Crippen molar-refractivity contribution in [1.29, 1.82) is 0 Å². The van der Waals surface area contributed by atoms with Crippen molar-refractivity contribution in [2.45, 2.75) is 0 Å². The number of carbonyl (C=O) groups excluding carboxylic acids is 1. The number of morpholine rings is 1. The number of aromatic nitrogens is 2. The Hall–Kier alpha value is -1.73. The minimum absolute atomic E-state index is 0.251. The molecule has 3 N–H and O–H groups in total. The Morgan fingerprint density at radius 3 is 2.75 bits per heavy atom. The van der Waals surface area contributed by atoms with Gasteiger partial charge in [0.1, 0.15) is 11.5 Å². The molecule has 2 rings (SSSR count). The smallest absolute Gasteiger partial charge is 0.285 e. The fourth-order valence-corrected chi connectivity index (χ4v) is 1.33. The highest BCUT2D eigenvalue weighted by Crippen LogP contribution is 1.98. The summed E-state index contributed by atoms with van der Waals surface area (Å²) >= 11 is 0. The van der Waals surface area contributed by atoms with Crippen molar-refractivity contribution in [1.82, 2.24) is 20.4 Å². The fraction of sp³-hybridized carbons (Fsp3) is 0.444. The highest BCUT2D eigenvalue weighted by molar-refractivity contribution is 5.91. The average Bonchev–Trinajstić information content (AvgIpc) is 2.31. The summed E-state index contributed by atoms with van der Waals surface area (Å²) < 4.78 is 5.17. The Balaban J connectivity index is 1.94. The van der Waals surface area contributed by atoms with Gasteiger partial charge in [0.15, 0.2) is 0 Å². The monoisotopic (exact) mass is 223 g/mol. The molecular formula is C9H13N5O2. The maximum Gasteiger partial charge on any atom is 0.285 e. The van der Waals surface area contributed by atoms with Crippen molar-refractivity contribution in [2.24, 2.45) is 0 Å². The summed E-state index contributed by atoms with van der Waals surface area (Å²) in [6.45, 7) is 2.59. The van der Waals surface area contributed by atoms with Crippen molar-refractivity contribution in [3.63, 3.8) is 0 Å². The predicted octanol–water partition coefficient (Wildman–Crippen LogP) is -0.964. The molecule has 0 aliphatic carbocycles. The lowest BCUT2D eigenvalue weighted by Crippen LogP contribution is -2.48. The second kappa shape index (κ2) is 4.86. The molecule has 0 spiro atoms. The second-order valence-electron chi connectivity index (χ2n) is 3.37. The van der Waals surface area contributed by atoms with E-state index >= 15 is 0 Å². The van der Waals surface area contributed by atoms with Crippen LogP contribution in [0.15, 0.2) is 12.4 Å².